The molecule has 2 aromatic heterocycles. The molecule has 0 spiro atoms. The van der Waals surface area contributed by atoms with Gasteiger partial charge in [-0.1, -0.05) is 18.2 Å². The number of aromatic nitrogens is 3. The molecule has 128 valence electrons. The van der Waals surface area contributed by atoms with Crippen molar-refractivity contribution in [2.24, 2.45) is 0 Å². The molecule has 1 aromatic carbocycles. The van der Waals surface area contributed by atoms with Crippen molar-refractivity contribution in [3.63, 3.8) is 0 Å². The van der Waals surface area contributed by atoms with Gasteiger partial charge in [-0.25, -0.2) is 4.98 Å². The van der Waals surface area contributed by atoms with Crippen molar-refractivity contribution in [2.75, 3.05) is 5.32 Å². The van der Waals surface area contributed by atoms with E-state index in [-0.39, 0.29) is 11.9 Å². The van der Waals surface area contributed by atoms with E-state index in [1.807, 2.05) is 55.4 Å². The van der Waals surface area contributed by atoms with Crippen LogP contribution in [0.4, 0.5) is 5.13 Å². The number of hydrogen-bond acceptors (Lipinski definition) is 5. The van der Waals surface area contributed by atoms with Crippen molar-refractivity contribution in [1.82, 2.24) is 14.8 Å². The fraction of sp³-hybridized carbons (Fsp3) is 0.278. The maximum absolute atomic E-state index is 12.5. The summed E-state index contributed by atoms with van der Waals surface area (Å²) in [6.07, 6.45) is 0. The predicted molar refractivity (Wildman–Crippen MR) is 102 cm³/mol. The maximum atomic E-state index is 12.5. The van der Waals surface area contributed by atoms with Gasteiger partial charge < -0.3 is 0 Å². The molecular weight excluding hydrogens is 352 g/mol. The molecule has 4 rings (SSSR count). The van der Waals surface area contributed by atoms with Gasteiger partial charge in [0.25, 0.3) is 5.91 Å². The maximum Gasteiger partial charge on any atom is 0.277 e. The largest absolute Gasteiger partial charge is 0.296 e. The summed E-state index contributed by atoms with van der Waals surface area (Å²) in [5.41, 5.74) is 3.53. The molecule has 0 atom stereocenters. The highest BCUT2D eigenvalue weighted by molar-refractivity contribution is 7.98. The number of rotatable bonds is 3. The zero-order chi connectivity index (χ0) is 17.6. The SMILES string of the molecule is Cc1cc(C(=O)Nc2nc3c(s2)CSc2ccccc2-3)nn1C(C)C. The van der Waals surface area contributed by atoms with E-state index in [4.69, 9.17) is 0 Å². The van der Waals surface area contributed by atoms with Crippen LogP contribution in [-0.4, -0.2) is 20.7 Å². The third-order valence-electron chi connectivity index (χ3n) is 4.06. The number of carbonyl (C=O) groups is 1. The van der Waals surface area contributed by atoms with Crippen molar-refractivity contribution >= 4 is 34.1 Å². The molecule has 0 bridgehead atoms. The monoisotopic (exact) mass is 370 g/mol. The molecule has 0 saturated carbocycles. The fourth-order valence-electron chi connectivity index (χ4n) is 2.93. The lowest BCUT2D eigenvalue weighted by molar-refractivity contribution is 0.102. The summed E-state index contributed by atoms with van der Waals surface area (Å²) < 4.78 is 1.86. The van der Waals surface area contributed by atoms with Crippen LogP contribution in [0.5, 0.6) is 0 Å². The minimum atomic E-state index is -0.213. The summed E-state index contributed by atoms with van der Waals surface area (Å²) in [6.45, 7) is 6.05. The van der Waals surface area contributed by atoms with E-state index in [9.17, 15) is 4.79 Å². The molecule has 1 aliphatic rings. The van der Waals surface area contributed by atoms with Gasteiger partial charge in [-0.15, -0.1) is 23.1 Å². The number of amides is 1. The van der Waals surface area contributed by atoms with E-state index in [1.165, 1.54) is 9.77 Å². The first kappa shape index (κ1) is 16.4. The lowest BCUT2D eigenvalue weighted by Gasteiger charge is -2.13. The average Bonchev–Trinajstić information content (AvgIpc) is 3.18. The smallest absolute Gasteiger partial charge is 0.277 e. The molecule has 0 saturated heterocycles. The Kier molecular flexibility index (Phi) is 4.13. The number of nitrogens with zero attached hydrogens (tertiary/aromatic N) is 3. The number of carbonyl (C=O) groups excluding carboxylic acids is 1. The normalized spacial score (nSPS) is 12.8. The Morgan fingerprint density at radius 1 is 1.32 bits per heavy atom. The Morgan fingerprint density at radius 2 is 2.12 bits per heavy atom. The Balaban J connectivity index is 1.60. The van der Waals surface area contributed by atoms with Gasteiger partial charge in [-0.05, 0) is 32.9 Å². The van der Waals surface area contributed by atoms with Gasteiger partial charge in [0.15, 0.2) is 10.8 Å². The fourth-order valence-corrected chi connectivity index (χ4v) is 5.02. The zero-order valence-electron chi connectivity index (χ0n) is 14.2. The number of benzene rings is 1. The molecule has 0 fully saturated rings. The zero-order valence-corrected chi connectivity index (χ0v) is 15.9. The molecule has 0 aliphatic carbocycles. The van der Waals surface area contributed by atoms with Crippen LogP contribution in [0, 0.1) is 6.92 Å². The van der Waals surface area contributed by atoms with Crippen molar-refractivity contribution in [1.29, 1.82) is 0 Å². The Bertz CT molecular complexity index is 958. The topological polar surface area (TPSA) is 59.8 Å². The van der Waals surface area contributed by atoms with Crippen LogP contribution in [0.15, 0.2) is 35.2 Å². The highest BCUT2D eigenvalue weighted by Crippen LogP contribution is 2.44. The number of aryl methyl sites for hydroxylation is 1. The third-order valence-corrected chi connectivity index (χ3v) is 6.32. The van der Waals surface area contributed by atoms with Gasteiger partial charge in [-0.3, -0.25) is 14.8 Å². The molecule has 7 heteroatoms. The molecular formula is C18H18N4OS2. The lowest BCUT2D eigenvalue weighted by atomic mass is 10.1. The molecule has 1 amide bonds. The summed E-state index contributed by atoms with van der Waals surface area (Å²) in [4.78, 5) is 19.6. The molecule has 5 nitrogen and oxygen atoms in total. The van der Waals surface area contributed by atoms with Crippen molar-refractivity contribution < 1.29 is 4.79 Å². The van der Waals surface area contributed by atoms with E-state index in [0.29, 0.717) is 10.8 Å². The highest BCUT2D eigenvalue weighted by atomic mass is 32.2. The van der Waals surface area contributed by atoms with Gasteiger partial charge >= 0.3 is 0 Å². The van der Waals surface area contributed by atoms with E-state index in [2.05, 4.69) is 27.5 Å². The second-order valence-electron chi connectivity index (χ2n) is 6.24. The van der Waals surface area contributed by atoms with Crippen LogP contribution < -0.4 is 5.32 Å². The van der Waals surface area contributed by atoms with Gasteiger partial charge in [-0.2, -0.15) is 5.10 Å². The van der Waals surface area contributed by atoms with Gasteiger partial charge in [0.1, 0.15) is 0 Å². The third kappa shape index (κ3) is 2.98. The molecule has 3 aromatic rings. The molecule has 0 radical (unpaired) electrons. The molecule has 3 heterocycles. The summed E-state index contributed by atoms with van der Waals surface area (Å²) in [5.74, 6) is 0.676. The Morgan fingerprint density at radius 3 is 2.88 bits per heavy atom. The van der Waals surface area contributed by atoms with Crippen molar-refractivity contribution in [3.05, 3.63) is 46.6 Å². The second kappa shape index (κ2) is 6.31. The Labute approximate surface area is 154 Å². The summed E-state index contributed by atoms with van der Waals surface area (Å²) in [5, 5.41) is 7.94. The van der Waals surface area contributed by atoms with Gasteiger partial charge in [0, 0.05) is 32.8 Å². The minimum absolute atomic E-state index is 0.213. The van der Waals surface area contributed by atoms with Crippen LogP contribution in [-0.2, 0) is 5.75 Å². The number of nitrogens with one attached hydrogen (secondary N) is 1. The molecule has 1 N–H and O–H groups in total. The van der Waals surface area contributed by atoms with Crippen LogP contribution >= 0.6 is 23.1 Å². The molecule has 0 unspecified atom stereocenters. The summed E-state index contributed by atoms with van der Waals surface area (Å²) in [6, 6.07) is 10.3. The van der Waals surface area contributed by atoms with Gasteiger partial charge in [0.05, 0.1) is 5.69 Å². The van der Waals surface area contributed by atoms with E-state index in [0.717, 1.165) is 22.7 Å². The second-order valence-corrected chi connectivity index (χ2v) is 8.34. The lowest BCUT2D eigenvalue weighted by Crippen LogP contribution is -2.13. The van der Waals surface area contributed by atoms with E-state index >= 15 is 0 Å². The van der Waals surface area contributed by atoms with E-state index < -0.39 is 0 Å². The first-order valence-electron chi connectivity index (χ1n) is 8.12. The first-order chi connectivity index (χ1) is 12.0. The molecule has 25 heavy (non-hydrogen) atoms. The van der Waals surface area contributed by atoms with Crippen molar-refractivity contribution in [2.45, 2.75) is 37.5 Å². The minimum Gasteiger partial charge on any atom is -0.296 e. The van der Waals surface area contributed by atoms with Crippen molar-refractivity contribution in [3.8, 4) is 11.3 Å². The first-order valence-corrected chi connectivity index (χ1v) is 9.92. The Hall–Kier alpha value is -2.12. The van der Waals surface area contributed by atoms with Crippen LogP contribution in [0.3, 0.4) is 0 Å². The summed E-state index contributed by atoms with van der Waals surface area (Å²) >= 11 is 3.35. The van der Waals surface area contributed by atoms with Crippen LogP contribution in [0.2, 0.25) is 0 Å². The van der Waals surface area contributed by atoms with Gasteiger partial charge in [0.2, 0.25) is 0 Å². The summed E-state index contributed by atoms with van der Waals surface area (Å²) in [7, 11) is 0. The number of anilines is 1. The predicted octanol–water partition coefficient (Wildman–Crippen LogP) is 4.75. The van der Waals surface area contributed by atoms with Crippen LogP contribution in [0.1, 0.15) is 40.9 Å². The van der Waals surface area contributed by atoms with E-state index in [1.54, 1.807) is 11.3 Å². The standard InChI is InChI=1S/C18H18N4OS2/c1-10(2)22-11(3)8-13(21-22)17(23)20-18-19-16-12-6-4-5-7-14(12)24-9-15(16)25-18/h4-8,10H,9H2,1-3H3,(H,19,20,23). The quantitative estimate of drug-likeness (QED) is 0.722. The molecule has 1 aliphatic heterocycles. The average molecular weight is 371 g/mol. The highest BCUT2D eigenvalue weighted by Gasteiger charge is 2.22. The van der Waals surface area contributed by atoms with Crippen LogP contribution in [0.25, 0.3) is 11.3 Å². The number of fused-ring (bicyclic) bond motifs is 3. The number of thioether (sulfide) groups is 1. The number of hydrogen-bond donors (Lipinski definition) is 1. The number of thiazole rings is 1.